The molecule has 0 bridgehead atoms. The van der Waals surface area contributed by atoms with Gasteiger partial charge in [0, 0.05) is 17.4 Å². The van der Waals surface area contributed by atoms with Crippen LogP contribution in [0.1, 0.15) is 18.4 Å². The van der Waals surface area contributed by atoms with E-state index in [0.717, 1.165) is 12.3 Å². The maximum absolute atomic E-state index is 5.81. The zero-order chi connectivity index (χ0) is 10.6. The third-order valence-corrected chi connectivity index (χ3v) is 6.47. The fourth-order valence-corrected chi connectivity index (χ4v) is 5.38. The first-order valence-electron chi connectivity index (χ1n) is 5.27. The molecule has 0 saturated carbocycles. The lowest BCUT2D eigenvalue weighted by atomic mass is 10.1. The zero-order valence-electron chi connectivity index (χ0n) is 8.62. The molecule has 0 aliphatic carbocycles. The van der Waals surface area contributed by atoms with E-state index in [0.29, 0.717) is 0 Å². The molecule has 82 valence electrons. The maximum atomic E-state index is 5.81. The fourth-order valence-electron chi connectivity index (χ4n) is 1.90. The first-order chi connectivity index (χ1) is 7.37. The van der Waals surface area contributed by atoms with Gasteiger partial charge in [0.1, 0.15) is 0 Å². The van der Waals surface area contributed by atoms with Crippen molar-refractivity contribution >= 4 is 35.1 Å². The van der Waals surface area contributed by atoms with Crippen LogP contribution in [-0.4, -0.2) is 17.4 Å². The third kappa shape index (κ3) is 2.66. The minimum atomic E-state index is 0.288. The average molecular weight is 259 g/mol. The molecule has 2 rings (SSSR count). The number of alkyl halides is 1. The molecule has 1 saturated heterocycles. The molecular formula is C12H15ClS2. The fraction of sp³-hybridized carbons (Fsp3) is 0.500. The minimum absolute atomic E-state index is 0.288. The second-order valence-electron chi connectivity index (χ2n) is 3.61. The van der Waals surface area contributed by atoms with Gasteiger partial charge < -0.3 is 0 Å². The molecule has 0 unspecified atom stereocenters. The first-order valence-corrected chi connectivity index (χ1v) is 7.77. The van der Waals surface area contributed by atoms with Crippen molar-refractivity contribution < 1.29 is 0 Å². The van der Waals surface area contributed by atoms with E-state index in [9.17, 15) is 0 Å². The van der Waals surface area contributed by atoms with Crippen molar-refractivity contribution in [1.29, 1.82) is 0 Å². The summed E-state index contributed by atoms with van der Waals surface area (Å²) in [5.41, 5.74) is 1.46. The highest BCUT2D eigenvalue weighted by molar-refractivity contribution is 8.20. The number of rotatable bonds is 4. The Labute approximate surface area is 105 Å². The summed E-state index contributed by atoms with van der Waals surface area (Å²) in [6, 6.07) is 10.9. The molecule has 1 fully saturated rings. The highest BCUT2D eigenvalue weighted by Gasteiger charge is 2.36. The molecule has 1 aliphatic rings. The SMILES string of the molecule is ClCCCC1(c2ccccc2)SCCS1. The number of thioether (sulfide) groups is 2. The van der Waals surface area contributed by atoms with Crippen molar-refractivity contribution in [3.8, 4) is 0 Å². The van der Waals surface area contributed by atoms with Gasteiger partial charge in [-0.25, -0.2) is 0 Å². The summed E-state index contributed by atoms with van der Waals surface area (Å²) in [7, 11) is 0. The van der Waals surface area contributed by atoms with E-state index in [1.807, 2.05) is 0 Å². The highest BCUT2D eigenvalue weighted by Crippen LogP contribution is 2.54. The summed E-state index contributed by atoms with van der Waals surface area (Å²) in [6.07, 6.45) is 2.30. The number of hydrogen-bond acceptors (Lipinski definition) is 2. The first kappa shape index (κ1) is 11.7. The third-order valence-electron chi connectivity index (χ3n) is 2.61. The predicted octanol–water partition coefficient (Wildman–Crippen LogP) is 4.34. The van der Waals surface area contributed by atoms with Crippen molar-refractivity contribution in [2.75, 3.05) is 17.4 Å². The van der Waals surface area contributed by atoms with Crippen LogP contribution in [0.5, 0.6) is 0 Å². The topological polar surface area (TPSA) is 0 Å². The van der Waals surface area contributed by atoms with Crippen LogP contribution in [0.2, 0.25) is 0 Å². The van der Waals surface area contributed by atoms with Crippen molar-refractivity contribution in [1.82, 2.24) is 0 Å². The van der Waals surface area contributed by atoms with Crippen molar-refractivity contribution in [3.05, 3.63) is 35.9 Å². The molecule has 0 amide bonds. The van der Waals surface area contributed by atoms with Gasteiger partial charge >= 0.3 is 0 Å². The molecule has 0 aromatic heterocycles. The molecule has 0 radical (unpaired) electrons. The Hall–Kier alpha value is 0.210. The molecule has 3 heteroatoms. The monoisotopic (exact) mass is 258 g/mol. The van der Waals surface area contributed by atoms with Gasteiger partial charge in [-0.2, -0.15) is 0 Å². The Kier molecular flexibility index (Phi) is 4.30. The second-order valence-corrected chi connectivity index (χ2v) is 7.03. The average Bonchev–Trinajstić information content (AvgIpc) is 2.78. The van der Waals surface area contributed by atoms with Crippen LogP contribution >= 0.6 is 35.1 Å². The van der Waals surface area contributed by atoms with Gasteiger partial charge in [0.2, 0.25) is 0 Å². The summed E-state index contributed by atoms with van der Waals surface area (Å²) in [4.78, 5) is 0. The van der Waals surface area contributed by atoms with Gasteiger partial charge in [0.15, 0.2) is 0 Å². The van der Waals surface area contributed by atoms with Gasteiger partial charge in [-0.1, -0.05) is 30.3 Å². The van der Waals surface area contributed by atoms with Crippen LogP contribution in [0.15, 0.2) is 30.3 Å². The normalized spacial score (nSPS) is 19.3. The molecule has 15 heavy (non-hydrogen) atoms. The van der Waals surface area contributed by atoms with E-state index >= 15 is 0 Å². The lowest BCUT2D eigenvalue weighted by Gasteiger charge is -2.27. The van der Waals surface area contributed by atoms with Crippen molar-refractivity contribution in [3.63, 3.8) is 0 Å². The van der Waals surface area contributed by atoms with Crippen LogP contribution in [-0.2, 0) is 4.08 Å². The Morgan fingerprint density at radius 1 is 1.13 bits per heavy atom. The Bertz CT molecular complexity index is 294. The smallest absolute Gasteiger partial charge is 0.0861 e. The number of halogens is 1. The summed E-state index contributed by atoms with van der Waals surface area (Å²) in [5, 5.41) is 0. The molecule has 0 spiro atoms. The molecule has 1 aromatic rings. The lowest BCUT2D eigenvalue weighted by Crippen LogP contribution is -2.14. The standard InChI is InChI=1S/C12H15ClS2/c13-8-4-7-12(14-9-10-15-12)11-5-2-1-3-6-11/h1-3,5-6H,4,7-10H2. The van der Waals surface area contributed by atoms with Gasteiger partial charge in [-0.3, -0.25) is 0 Å². The Morgan fingerprint density at radius 3 is 2.40 bits per heavy atom. The van der Waals surface area contributed by atoms with Crippen LogP contribution in [0.25, 0.3) is 0 Å². The van der Waals surface area contributed by atoms with Crippen LogP contribution in [0, 0.1) is 0 Å². The molecule has 1 aromatic carbocycles. The Morgan fingerprint density at radius 2 is 1.80 bits per heavy atom. The van der Waals surface area contributed by atoms with E-state index in [1.165, 1.54) is 23.5 Å². The number of benzene rings is 1. The predicted molar refractivity (Wildman–Crippen MR) is 73.0 cm³/mol. The van der Waals surface area contributed by atoms with Crippen LogP contribution in [0.4, 0.5) is 0 Å². The summed E-state index contributed by atoms with van der Waals surface area (Å²) in [5.74, 6) is 3.30. The highest BCUT2D eigenvalue weighted by atomic mass is 35.5. The maximum Gasteiger partial charge on any atom is 0.0861 e. The lowest BCUT2D eigenvalue weighted by molar-refractivity contribution is 0.743. The van der Waals surface area contributed by atoms with Crippen LogP contribution < -0.4 is 0 Å². The van der Waals surface area contributed by atoms with Crippen molar-refractivity contribution in [2.24, 2.45) is 0 Å². The van der Waals surface area contributed by atoms with E-state index in [4.69, 9.17) is 11.6 Å². The molecule has 1 aliphatic heterocycles. The molecule has 1 heterocycles. The van der Waals surface area contributed by atoms with Gasteiger partial charge in [-0.15, -0.1) is 35.1 Å². The molecule has 0 N–H and O–H groups in total. The largest absolute Gasteiger partial charge is 0.139 e. The van der Waals surface area contributed by atoms with E-state index in [1.54, 1.807) is 0 Å². The van der Waals surface area contributed by atoms with Gasteiger partial charge in [0.05, 0.1) is 4.08 Å². The zero-order valence-corrected chi connectivity index (χ0v) is 11.0. The van der Waals surface area contributed by atoms with E-state index in [2.05, 4.69) is 53.9 Å². The summed E-state index contributed by atoms with van der Waals surface area (Å²) < 4.78 is 0.288. The van der Waals surface area contributed by atoms with Gasteiger partial charge in [-0.05, 0) is 18.4 Å². The molecular weight excluding hydrogens is 244 g/mol. The quantitative estimate of drug-likeness (QED) is 0.737. The van der Waals surface area contributed by atoms with E-state index < -0.39 is 0 Å². The van der Waals surface area contributed by atoms with E-state index in [-0.39, 0.29) is 4.08 Å². The Balaban J connectivity index is 2.19. The van der Waals surface area contributed by atoms with Crippen LogP contribution in [0.3, 0.4) is 0 Å². The minimum Gasteiger partial charge on any atom is -0.139 e. The second kappa shape index (κ2) is 5.51. The molecule has 0 atom stereocenters. The summed E-state index contributed by atoms with van der Waals surface area (Å²) >= 11 is 9.99. The number of hydrogen-bond donors (Lipinski definition) is 0. The summed E-state index contributed by atoms with van der Waals surface area (Å²) in [6.45, 7) is 0. The van der Waals surface area contributed by atoms with Gasteiger partial charge in [0.25, 0.3) is 0 Å². The molecule has 0 nitrogen and oxygen atoms in total. The van der Waals surface area contributed by atoms with Crippen molar-refractivity contribution in [2.45, 2.75) is 16.9 Å².